The van der Waals surface area contributed by atoms with E-state index in [0.717, 1.165) is 5.56 Å². The number of aryl methyl sites for hydroxylation is 1. The normalized spacial score (nSPS) is 11.9. The van der Waals surface area contributed by atoms with E-state index in [2.05, 4.69) is 15.5 Å². The maximum atomic E-state index is 12.4. The number of aromatic nitrogens is 2. The van der Waals surface area contributed by atoms with Gasteiger partial charge in [0.05, 0.1) is 12.7 Å². The molecule has 0 bridgehead atoms. The van der Waals surface area contributed by atoms with Crippen LogP contribution >= 0.6 is 11.3 Å². The molecule has 0 fully saturated rings. The van der Waals surface area contributed by atoms with Gasteiger partial charge in [-0.15, -0.1) is 0 Å². The number of nitrogens with zero attached hydrogens (tertiary/aromatic N) is 2. The Labute approximate surface area is 137 Å². The summed E-state index contributed by atoms with van der Waals surface area (Å²) in [6, 6.07) is 8.63. The molecule has 0 aliphatic carbocycles. The molecule has 0 radical (unpaired) electrons. The average molecular weight is 329 g/mol. The van der Waals surface area contributed by atoms with Gasteiger partial charge in [0.2, 0.25) is 5.89 Å². The summed E-state index contributed by atoms with van der Waals surface area (Å²) in [6.45, 7) is 1.70. The van der Waals surface area contributed by atoms with Crippen LogP contribution < -0.4 is 10.1 Å². The van der Waals surface area contributed by atoms with Crippen molar-refractivity contribution in [3.8, 4) is 5.75 Å². The number of benzene rings is 1. The van der Waals surface area contributed by atoms with Crippen LogP contribution in [0.3, 0.4) is 0 Å². The third-order valence-corrected chi connectivity index (χ3v) is 3.99. The Bertz CT molecular complexity index is 799. The van der Waals surface area contributed by atoms with E-state index in [4.69, 9.17) is 9.26 Å². The first kappa shape index (κ1) is 15.2. The lowest BCUT2D eigenvalue weighted by molar-refractivity contribution is 0.0941. The Balaban J connectivity index is 1.99. The predicted molar refractivity (Wildman–Crippen MR) is 85.7 cm³/mol. The van der Waals surface area contributed by atoms with Crippen LogP contribution in [0.5, 0.6) is 5.75 Å². The van der Waals surface area contributed by atoms with E-state index in [-0.39, 0.29) is 5.91 Å². The number of para-hydroxylation sites is 1. The third-order valence-electron chi connectivity index (χ3n) is 3.31. The van der Waals surface area contributed by atoms with E-state index in [1.54, 1.807) is 25.5 Å². The van der Waals surface area contributed by atoms with E-state index in [0.29, 0.717) is 23.0 Å². The highest BCUT2D eigenvalue weighted by Gasteiger charge is 2.25. The number of thiophene rings is 1. The number of amides is 1. The molecule has 7 heteroatoms. The van der Waals surface area contributed by atoms with Gasteiger partial charge in [-0.3, -0.25) is 4.79 Å². The van der Waals surface area contributed by atoms with Crippen LogP contribution in [-0.4, -0.2) is 23.2 Å². The van der Waals surface area contributed by atoms with Gasteiger partial charge in [-0.1, -0.05) is 23.4 Å². The highest BCUT2D eigenvalue weighted by molar-refractivity contribution is 7.08. The number of hydrogen-bond donors (Lipinski definition) is 1. The smallest absolute Gasteiger partial charge is 0.252 e. The lowest BCUT2D eigenvalue weighted by Gasteiger charge is -2.18. The van der Waals surface area contributed by atoms with Crippen molar-refractivity contribution in [3.63, 3.8) is 0 Å². The van der Waals surface area contributed by atoms with Crippen molar-refractivity contribution < 1.29 is 14.1 Å². The topological polar surface area (TPSA) is 77.2 Å². The van der Waals surface area contributed by atoms with E-state index in [9.17, 15) is 4.79 Å². The van der Waals surface area contributed by atoms with Crippen molar-refractivity contribution in [2.24, 2.45) is 0 Å². The highest BCUT2D eigenvalue weighted by atomic mass is 32.1. The summed E-state index contributed by atoms with van der Waals surface area (Å²) in [5.41, 5.74) is 1.36. The van der Waals surface area contributed by atoms with Gasteiger partial charge >= 0.3 is 0 Å². The van der Waals surface area contributed by atoms with Gasteiger partial charge in [0, 0.05) is 17.9 Å². The summed E-state index contributed by atoms with van der Waals surface area (Å²) in [6.07, 6.45) is 0. The first-order chi connectivity index (χ1) is 11.2. The lowest BCUT2D eigenvalue weighted by Crippen LogP contribution is -2.30. The van der Waals surface area contributed by atoms with Crippen molar-refractivity contribution in [1.82, 2.24) is 15.5 Å². The molecular weight excluding hydrogens is 314 g/mol. The molecule has 0 saturated carbocycles. The SMILES string of the molecule is COc1ccccc1[C@@H](NC(=O)c1ccsc1)c1noc(C)n1. The van der Waals surface area contributed by atoms with Gasteiger partial charge < -0.3 is 14.6 Å². The van der Waals surface area contributed by atoms with Crippen molar-refractivity contribution in [2.75, 3.05) is 7.11 Å². The molecule has 2 aromatic heterocycles. The molecule has 1 N–H and O–H groups in total. The van der Waals surface area contributed by atoms with Crippen LogP contribution in [-0.2, 0) is 0 Å². The summed E-state index contributed by atoms with van der Waals surface area (Å²) in [5, 5.41) is 10.5. The lowest BCUT2D eigenvalue weighted by atomic mass is 10.0. The maximum Gasteiger partial charge on any atom is 0.252 e. The van der Waals surface area contributed by atoms with Crippen LogP contribution in [0.4, 0.5) is 0 Å². The monoisotopic (exact) mass is 329 g/mol. The Kier molecular flexibility index (Phi) is 4.38. The molecule has 0 spiro atoms. The Morgan fingerprint density at radius 2 is 2.17 bits per heavy atom. The average Bonchev–Trinajstić information content (AvgIpc) is 3.24. The fourth-order valence-electron chi connectivity index (χ4n) is 2.23. The molecule has 1 amide bonds. The molecular formula is C16H15N3O3S. The van der Waals surface area contributed by atoms with Gasteiger partial charge in [0.15, 0.2) is 5.82 Å². The van der Waals surface area contributed by atoms with Crippen LogP contribution in [0, 0.1) is 6.92 Å². The van der Waals surface area contributed by atoms with Crippen molar-refractivity contribution in [1.29, 1.82) is 0 Å². The standard InChI is InChI=1S/C16H15N3O3S/c1-10-17-15(19-22-10)14(12-5-3-4-6-13(12)21-2)18-16(20)11-7-8-23-9-11/h3-9,14H,1-2H3,(H,18,20)/t14-/m1/s1. The van der Waals surface area contributed by atoms with Crippen LogP contribution in [0.1, 0.15) is 33.7 Å². The van der Waals surface area contributed by atoms with E-state index in [1.165, 1.54) is 11.3 Å². The van der Waals surface area contributed by atoms with Crippen molar-refractivity contribution in [2.45, 2.75) is 13.0 Å². The highest BCUT2D eigenvalue weighted by Crippen LogP contribution is 2.29. The van der Waals surface area contributed by atoms with Crippen LogP contribution in [0.2, 0.25) is 0 Å². The summed E-state index contributed by atoms with van der Waals surface area (Å²) in [4.78, 5) is 16.7. The van der Waals surface area contributed by atoms with E-state index < -0.39 is 6.04 Å². The molecule has 0 unspecified atom stereocenters. The third kappa shape index (κ3) is 3.24. The molecule has 0 aliphatic heterocycles. The Hall–Kier alpha value is -2.67. The van der Waals surface area contributed by atoms with Crippen LogP contribution in [0.25, 0.3) is 0 Å². The molecule has 3 rings (SSSR count). The zero-order chi connectivity index (χ0) is 16.2. The second kappa shape index (κ2) is 6.62. The molecule has 2 heterocycles. The van der Waals surface area contributed by atoms with Crippen LogP contribution in [0.15, 0.2) is 45.6 Å². The number of ether oxygens (including phenoxy) is 1. The molecule has 0 saturated heterocycles. The minimum absolute atomic E-state index is 0.204. The molecule has 1 aromatic carbocycles. The Morgan fingerprint density at radius 3 is 2.83 bits per heavy atom. The van der Waals surface area contributed by atoms with Gasteiger partial charge in [0.25, 0.3) is 5.91 Å². The van der Waals surface area contributed by atoms with Gasteiger partial charge in [-0.05, 0) is 17.5 Å². The minimum Gasteiger partial charge on any atom is -0.496 e. The molecule has 1 atom stereocenters. The largest absolute Gasteiger partial charge is 0.496 e. The second-order valence-corrected chi connectivity index (χ2v) is 5.61. The zero-order valence-electron chi connectivity index (χ0n) is 12.6. The number of rotatable bonds is 5. The minimum atomic E-state index is -0.559. The number of nitrogens with one attached hydrogen (secondary N) is 1. The zero-order valence-corrected chi connectivity index (χ0v) is 13.5. The molecule has 3 aromatic rings. The first-order valence-electron chi connectivity index (χ1n) is 6.95. The van der Waals surface area contributed by atoms with Gasteiger partial charge in [0.1, 0.15) is 11.8 Å². The van der Waals surface area contributed by atoms with Gasteiger partial charge in [-0.25, -0.2) is 0 Å². The number of carbonyl (C=O) groups is 1. The maximum absolute atomic E-state index is 12.4. The summed E-state index contributed by atoms with van der Waals surface area (Å²) in [7, 11) is 1.58. The Morgan fingerprint density at radius 1 is 1.35 bits per heavy atom. The van der Waals surface area contributed by atoms with E-state index >= 15 is 0 Å². The quantitative estimate of drug-likeness (QED) is 0.778. The molecule has 0 aliphatic rings. The van der Waals surface area contributed by atoms with Crippen molar-refractivity contribution in [3.05, 3.63) is 63.9 Å². The fourth-order valence-corrected chi connectivity index (χ4v) is 2.86. The fraction of sp³-hybridized carbons (Fsp3) is 0.188. The number of methoxy groups -OCH3 is 1. The first-order valence-corrected chi connectivity index (χ1v) is 7.89. The summed E-state index contributed by atoms with van der Waals surface area (Å²) < 4.78 is 10.5. The predicted octanol–water partition coefficient (Wildman–Crippen LogP) is 2.97. The second-order valence-electron chi connectivity index (χ2n) is 4.83. The molecule has 6 nitrogen and oxygen atoms in total. The summed E-state index contributed by atoms with van der Waals surface area (Å²) >= 11 is 1.46. The number of carbonyl (C=O) groups excluding carboxylic acids is 1. The van der Waals surface area contributed by atoms with Crippen molar-refractivity contribution >= 4 is 17.2 Å². The molecule has 118 valence electrons. The van der Waals surface area contributed by atoms with E-state index in [1.807, 2.05) is 29.6 Å². The number of hydrogen-bond acceptors (Lipinski definition) is 6. The molecule has 23 heavy (non-hydrogen) atoms. The summed E-state index contributed by atoms with van der Waals surface area (Å²) in [5.74, 6) is 1.26. The van der Waals surface area contributed by atoms with Gasteiger partial charge in [-0.2, -0.15) is 16.3 Å².